The van der Waals surface area contributed by atoms with Gasteiger partial charge in [0.2, 0.25) is 5.91 Å². The monoisotopic (exact) mass is 376 g/mol. The summed E-state index contributed by atoms with van der Waals surface area (Å²) in [6.45, 7) is 2.67. The molecule has 1 fully saturated rings. The van der Waals surface area contributed by atoms with Crippen LogP contribution in [0.25, 0.3) is 0 Å². The van der Waals surface area contributed by atoms with Crippen molar-refractivity contribution in [3.63, 3.8) is 0 Å². The Morgan fingerprint density at radius 1 is 1.12 bits per heavy atom. The van der Waals surface area contributed by atoms with Gasteiger partial charge in [-0.1, -0.05) is 29.3 Å². The third-order valence-electron chi connectivity index (χ3n) is 4.26. The number of anilines is 2. The number of carbonyl (C=O) groups excluding carboxylic acids is 2. The smallest absolute Gasteiger partial charge is 0.257 e. The number of carbonyl (C=O) groups is 2. The summed E-state index contributed by atoms with van der Waals surface area (Å²) in [7, 11) is 0. The molecule has 1 aliphatic heterocycles. The Morgan fingerprint density at radius 2 is 1.92 bits per heavy atom. The first-order valence-electron chi connectivity index (χ1n) is 8.13. The van der Waals surface area contributed by atoms with Gasteiger partial charge in [0.05, 0.1) is 10.6 Å². The number of halogens is 2. The largest absolute Gasteiger partial charge is 0.322 e. The van der Waals surface area contributed by atoms with Gasteiger partial charge in [-0.2, -0.15) is 0 Å². The Kier molecular flexibility index (Phi) is 5.30. The van der Waals surface area contributed by atoms with Crippen LogP contribution in [0.4, 0.5) is 11.4 Å². The number of rotatable bonds is 3. The van der Waals surface area contributed by atoms with E-state index in [1.165, 1.54) is 6.07 Å². The Hall–Kier alpha value is -2.04. The minimum absolute atomic E-state index is 0.124. The summed E-state index contributed by atoms with van der Waals surface area (Å²) in [6.07, 6.45) is 2.48. The van der Waals surface area contributed by atoms with Crippen molar-refractivity contribution >= 4 is 46.4 Å². The van der Waals surface area contributed by atoms with Crippen molar-refractivity contribution in [3.8, 4) is 0 Å². The van der Waals surface area contributed by atoms with Crippen molar-refractivity contribution in [1.82, 2.24) is 0 Å². The lowest BCUT2D eigenvalue weighted by Crippen LogP contribution is -2.35. The zero-order valence-electron chi connectivity index (χ0n) is 13.8. The molecule has 0 radical (unpaired) electrons. The van der Waals surface area contributed by atoms with Crippen LogP contribution in [0.3, 0.4) is 0 Å². The highest BCUT2D eigenvalue weighted by Crippen LogP contribution is 2.28. The van der Waals surface area contributed by atoms with Gasteiger partial charge in [-0.15, -0.1) is 0 Å². The van der Waals surface area contributed by atoms with Crippen molar-refractivity contribution in [2.75, 3.05) is 16.8 Å². The molecule has 1 heterocycles. The lowest BCUT2D eigenvalue weighted by Gasteiger charge is -2.28. The Labute approximate surface area is 156 Å². The van der Waals surface area contributed by atoms with Crippen LogP contribution in [0.1, 0.15) is 35.2 Å². The van der Waals surface area contributed by atoms with Crippen LogP contribution in [0, 0.1) is 6.92 Å². The van der Waals surface area contributed by atoms with Crippen LogP contribution >= 0.6 is 23.2 Å². The molecule has 0 aromatic heterocycles. The van der Waals surface area contributed by atoms with Gasteiger partial charge in [0.25, 0.3) is 5.91 Å². The average molecular weight is 377 g/mol. The molecule has 0 bridgehead atoms. The average Bonchev–Trinajstić information content (AvgIpc) is 2.57. The molecule has 1 aliphatic rings. The molecule has 2 amide bonds. The van der Waals surface area contributed by atoms with E-state index in [2.05, 4.69) is 5.32 Å². The highest BCUT2D eigenvalue weighted by atomic mass is 35.5. The van der Waals surface area contributed by atoms with E-state index < -0.39 is 0 Å². The molecule has 0 unspecified atom stereocenters. The van der Waals surface area contributed by atoms with Crippen molar-refractivity contribution in [2.45, 2.75) is 26.2 Å². The number of piperidine rings is 1. The normalized spacial score (nSPS) is 14.5. The molecule has 6 heteroatoms. The molecule has 130 valence electrons. The van der Waals surface area contributed by atoms with E-state index in [4.69, 9.17) is 23.2 Å². The van der Waals surface area contributed by atoms with Crippen molar-refractivity contribution in [1.29, 1.82) is 0 Å². The van der Waals surface area contributed by atoms with E-state index in [0.717, 1.165) is 24.1 Å². The van der Waals surface area contributed by atoms with Crippen LogP contribution in [-0.2, 0) is 4.79 Å². The van der Waals surface area contributed by atoms with Gasteiger partial charge in [-0.3, -0.25) is 9.59 Å². The molecule has 0 atom stereocenters. The number of hydrogen-bond acceptors (Lipinski definition) is 2. The van der Waals surface area contributed by atoms with Gasteiger partial charge in [0.15, 0.2) is 0 Å². The van der Waals surface area contributed by atoms with Crippen LogP contribution in [0.5, 0.6) is 0 Å². The van der Waals surface area contributed by atoms with Crippen molar-refractivity contribution in [2.24, 2.45) is 0 Å². The quantitative estimate of drug-likeness (QED) is 0.812. The second kappa shape index (κ2) is 7.46. The molecule has 1 saturated heterocycles. The van der Waals surface area contributed by atoms with Gasteiger partial charge in [0.1, 0.15) is 0 Å². The molecule has 25 heavy (non-hydrogen) atoms. The first-order valence-corrected chi connectivity index (χ1v) is 8.89. The Balaban J connectivity index is 1.84. The summed E-state index contributed by atoms with van der Waals surface area (Å²) in [6, 6.07) is 10.3. The van der Waals surface area contributed by atoms with Crippen LogP contribution in [-0.4, -0.2) is 18.4 Å². The minimum Gasteiger partial charge on any atom is -0.322 e. The highest BCUT2D eigenvalue weighted by molar-refractivity contribution is 6.37. The predicted molar refractivity (Wildman–Crippen MR) is 102 cm³/mol. The second-order valence-corrected chi connectivity index (χ2v) is 6.93. The first-order chi connectivity index (χ1) is 12.0. The molecule has 0 spiro atoms. The fourth-order valence-corrected chi connectivity index (χ4v) is 3.40. The van der Waals surface area contributed by atoms with Gasteiger partial charge >= 0.3 is 0 Å². The SMILES string of the molecule is Cc1ccc(NC(=O)c2ccc(Cl)cc2Cl)cc1N1CCCCC1=O. The lowest BCUT2D eigenvalue weighted by atomic mass is 10.1. The number of nitrogens with one attached hydrogen (secondary N) is 1. The van der Waals surface area contributed by atoms with E-state index in [-0.39, 0.29) is 11.8 Å². The van der Waals surface area contributed by atoms with E-state index in [1.54, 1.807) is 17.0 Å². The first kappa shape index (κ1) is 17.8. The van der Waals surface area contributed by atoms with Crippen molar-refractivity contribution < 1.29 is 9.59 Å². The number of benzene rings is 2. The second-order valence-electron chi connectivity index (χ2n) is 6.08. The van der Waals surface area contributed by atoms with Gasteiger partial charge in [-0.05, 0) is 55.7 Å². The summed E-state index contributed by atoms with van der Waals surface area (Å²) in [5, 5.41) is 3.61. The number of aryl methyl sites for hydroxylation is 1. The standard InChI is InChI=1S/C19H18Cl2N2O2/c1-12-5-7-14(11-17(12)23-9-3-2-4-18(23)24)22-19(25)15-8-6-13(20)10-16(15)21/h5-8,10-11H,2-4,9H2,1H3,(H,22,25). The summed E-state index contributed by atoms with van der Waals surface area (Å²) in [4.78, 5) is 26.4. The van der Waals surface area contributed by atoms with Gasteiger partial charge in [0, 0.05) is 29.4 Å². The summed E-state index contributed by atoms with van der Waals surface area (Å²) >= 11 is 12.0. The number of amides is 2. The molecule has 2 aromatic rings. The van der Waals surface area contributed by atoms with E-state index in [1.807, 2.05) is 25.1 Å². The third-order valence-corrected chi connectivity index (χ3v) is 4.80. The van der Waals surface area contributed by atoms with E-state index in [9.17, 15) is 9.59 Å². The molecule has 0 aliphatic carbocycles. The predicted octanol–water partition coefficient (Wildman–Crippen LogP) is 5.07. The minimum atomic E-state index is -0.318. The van der Waals surface area contributed by atoms with Crippen LogP contribution in [0.2, 0.25) is 10.0 Å². The molecule has 4 nitrogen and oxygen atoms in total. The summed E-state index contributed by atoms with van der Waals surface area (Å²) in [5.74, 6) is -0.194. The van der Waals surface area contributed by atoms with Crippen LogP contribution < -0.4 is 10.2 Å². The molecule has 1 N–H and O–H groups in total. The molecular weight excluding hydrogens is 359 g/mol. The maximum Gasteiger partial charge on any atom is 0.257 e. The Bertz CT molecular complexity index is 836. The summed E-state index contributed by atoms with van der Waals surface area (Å²) in [5.41, 5.74) is 2.81. The fraction of sp³-hybridized carbons (Fsp3) is 0.263. The number of nitrogens with zero attached hydrogens (tertiary/aromatic N) is 1. The molecule has 2 aromatic carbocycles. The van der Waals surface area contributed by atoms with Gasteiger partial charge < -0.3 is 10.2 Å². The number of hydrogen-bond donors (Lipinski definition) is 1. The zero-order valence-corrected chi connectivity index (χ0v) is 15.3. The van der Waals surface area contributed by atoms with Gasteiger partial charge in [-0.25, -0.2) is 0 Å². The maximum atomic E-state index is 12.5. The maximum absolute atomic E-state index is 12.5. The third kappa shape index (κ3) is 3.97. The topological polar surface area (TPSA) is 49.4 Å². The molecule has 3 rings (SSSR count). The lowest BCUT2D eigenvalue weighted by molar-refractivity contribution is -0.119. The van der Waals surface area contributed by atoms with Crippen molar-refractivity contribution in [3.05, 3.63) is 57.6 Å². The Morgan fingerprint density at radius 3 is 2.64 bits per heavy atom. The zero-order chi connectivity index (χ0) is 18.0. The fourth-order valence-electron chi connectivity index (χ4n) is 2.91. The van der Waals surface area contributed by atoms with Crippen LogP contribution in [0.15, 0.2) is 36.4 Å². The summed E-state index contributed by atoms with van der Waals surface area (Å²) < 4.78 is 0. The van der Waals surface area contributed by atoms with E-state index in [0.29, 0.717) is 34.3 Å². The molecule has 0 saturated carbocycles. The highest BCUT2D eigenvalue weighted by Gasteiger charge is 2.21. The molecular formula is C19H18Cl2N2O2. The van der Waals surface area contributed by atoms with E-state index >= 15 is 0 Å².